The Morgan fingerprint density at radius 2 is 1.84 bits per heavy atom. The molecule has 1 unspecified atom stereocenters. The minimum atomic E-state index is -0.588. The highest BCUT2D eigenvalue weighted by atomic mass is 32.2. The number of rotatable bonds is 13. The number of allylic oxidation sites excluding steroid dienone is 1. The van der Waals surface area contributed by atoms with E-state index in [9.17, 15) is 14.4 Å². The Labute approximate surface area is 230 Å². The van der Waals surface area contributed by atoms with Crippen molar-refractivity contribution in [2.75, 3.05) is 13.1 Å². The molecule has 7 heteroatoms. The SMILES string of the molecule is C=CCC(CC)(CC)CNCCc1ccc(CSc2cccc3c2CN(C2CCC(=O)NC2=O)C3=O)cc1. The average Bonchev–Trinajstić information content (AvgIpc) is 3.26. The number of amides is 3. The first-order chi connectivity index (χ1) is 18.4. The third kappa shape index (κ3) is 6.38. The predicted octanol–water partition coefficient (Wildman–Crippen LogP) is 5.25. The van der Waals surface area contributed by atoms with Crippen LogP contribution in [0.5, 0.6) is 0 Å². The fourth-order valence-corrected chi connectivity index (χ4v) is 6.45. The van der Waals surface area contributed by atoms with Gasteiger partial charge in [0.15, 0.2) is 0 Å². The Morgan fingerprint density at radius 3 is 2.53 bits per heavy atom. The van der Waals surface area contributed by atoms with Crippen LogP contribution in [0.4, 0.5) is 0 Å². The molecule has 4 rings (SSSR count). The van der Waals surface area contributed by atoms with Crippen LogP contribution >= 0.6 is 11.8 Å². The molecule has 3 amide bonds. The number of imide groups is 1. The summed E-state index contributed by atoms with van der Waals surface area (Å²) in [6, 6.07) is 14.0. The smallest absolute Gasteiger partial charge is 0.255 e. The normalized spacial score (nSPS) is 17.5. The van der Waals surface area contributed by atoms with Crippen molar-refractivity contribution < 1.29 is 14.4 Å². The summed E-state index contributed by atoms with van der Waals surface area (Å²) in [6.07, 6.45) is 7.04. The molecule has 2 aromatic carbocycles. The Balaban J connectivity index is 1.30. The lowest BCUT2D eigenvalue weighted by atomic mass is 9.79. The highest BCUT2D eigenvalue weighted by Gasteiger charge is 2.39. The van der Waals surface area contributed by atoms with Gasteiger partial charge in [-0.2, -0.15) is 0 Å². The number of nitrogens with one attached hydrogen (secondary N) is 2. The molecule has 1 atom stereocenters. The van der Waals surface area contributed by atoms with E-state index in [1.807, 2.05) is 24.3 Å². The van der Waals surface area contributed by atoms with E-state index in [0.29, 0.717) is 23.9 Å². The van der Waals surface area contributed by atoms with Crippen LogP contribution < -0.4 is 10.6 Å². The lowest BCUT2D eigenvalue weighted by molar-refractivity contribution is -0.136. The molecule has 2 heterocycles. The fourth-order valence-electron chi connectivity index (χ4n) is 5.41. The molecule has 2 aliphatic rings. The summed E-state index contributed by atoms with van der Waals surface area (Å²) in [4.78, 5) is 39.6. The molecule has 0 bridgehead atoms. The Morgan fingerprint density at radius 1 is 1.11 bits per heavy atom. The lowest BCUT2D eigenvalue weighted by Crippen LogP contribution is -2.52. The number of benzene rings is 2. The Hall–Kier alpha value is -2.90. The molecule has 0 radical (unpaired) electrons. The van der Waals surface area contributed by atoms with E-state index in [2.05, 4.69) is 55.3 Å². The Bertz CT molecular complexity index is 1170. The van der Waals surface area contributed by atoms with Gasteiger partial charge in [-0.25, -0.2) is 0 Å². The molecule has 1 saturated heterocycles. The minimum absolute atomic E-state index is 0.130. The van der Waals surface area contributed by atoms with Crippen LogP contribution in [-0.2, 0) is 28.3 Å². The molecule has 2 N–H and O–H groups in total. The predicted molar refractivity (Wildman–Crippen MR) is 153 cm³/mol. The number of thioether (sulfide) groups is 1. The Kier molecular flexibility index (Phi) is 9.44. The molecule has 2 aliphatic heterocycles. The summed E-state index contributed by atoms with van der Waals surface area (Å²) in [5.41, 5.74) is 4.49. The summed E-state index contributed by atoms with van der Waals surface area (Å²) >= 11 is 1.72. The number of carbonyl (C=O) groups is 3. The molecular weight excluding hydrogens is 494 g/mol. The van der Waals surface area contributed by atoms with Gasteiger partial charge in [-0.05, 0) is 72.9 Å². The second kappa shape index (κ2) is 12.8. The number of nitrogens with zero attached hydrogens (tertiary/aromatic N) is 1. The van der Waals surface area contributed by atoms with Gasteiger partial charge in [-0.15, -0.1) is 18.3 Å². The summed E-state index contributed by atoms with van der Waals surface area (Å²) < 4.78 is 0. The van der Waals surface area contributed by atoms with Crippen molar-refractivity contribution in [1.82, 2.24) is 15.5 Å². The first kappa shape index (κ1) is 28.1. The van der Waals surface area contributed by atoms with Crippen LogP contribution in [0.1, 0.15) is 73.0 Å². The first-order valence-corrected chi connectivity index (χ1v) is 14.7. The van der Waals surface area contributed by atoms with Crippen molar-refractivity contribution in [3.63, 3.8) is 0 Å². The van der Waals surface area contributed by atoms with Crippen LogP contribution in [0.15, 0.2) is 60.0 Å². The number of hydrogen-bond donors (Lipinski definition) is 2. The molecule has 0 aromatic heterocycles. The van der Waals surface area contributed by atoms with Gasteiger partial charge < -0.3 is 10.2 Å². The zero-order chi connectivity index (χ0) is 27.1. The quantitative estimate of drug-likeness (QED) is 0.159. The molecule has 0 aliphatic carbocycles. The first-order valence-electron chi connectivity index (χ1n) is 13.7. The maximum atomic E-state index is 13.1. The summed E-state index contributed by atoms with van der Waals surface area (Å²) in [5.74, 6) is 0.0271. The van der Waals surface area contributed by atoms with E-state index in [1.54, 1.807) is 16.7 Å². The van der Waals surface area contributed by atoms with E-state index in [-0.39, 0.29) is 24.1 Å². The van der Waals surface area contributed by atoms with Gasteiger partial charge in [0.2, 0.25) is 11.8 Å². The number of carbonyl (C=O) groups excluding carboxylic acids is 3. The molecule has 1 fully saturated rings. The van der Waals surface area contributed by atoms with E-state index in [1.165, 1.54) is 11.1 Å². The third-order valence-electron chi connectivity index (χ3n) is 8.12. The topological polar surface area (TPSA) is 78.5 Å². The van der Waals surface area contributed by atoms with Gasteiger partial charge in [-0.1, -0.05) is 50.3 Å². The molecule has 0 saturated carbocycles. The molecule has 202 valence electrons. The van der Waals surface area contributed by atoms with E-state index < -0.39 is 6.04 Å². The van der Waals surface area contributed by atoms with Crippen molar-refractivity contribution in [3.8, 4) is 0 Å². The highest BCUT2D eigenvalue weighted by molar-refractivity contribution is 7.98. The summed E-state index contributed by atoms with van der Waals surface area (Å²) in [7, 11) is 0. The van der Waals surface area contributed by atoms with E-state index in [4.69, 9.17) is 0 Å². The third-order valence-corrected chi connectivity index (χ3v) is 9.30. The van der Waals surface area contributed by atoms with Crippen LogP contribution in [0.25, 0.3) is 0 Å². The maximum Gasteiger partial charge on any atom is 0.255 e. The number of piperidine rings is 1. The molecule has 2 aromatic rings. The van der Waals surface area contributed by atoms with Crippen LogP contribution in [-0.4, -0.2) is 41.8 Å². The van der Waals surface area contributed by atoms with Crippen molar-refractivity contribution in [2.45, 2.75) is 75.6 Å². The van der Waals surface area contributed by atoms with E-state index in [0.717, 1.165) is 55.0 Å². The fraction of sp³-hybridized carbons (Fsp3) is 0.452. The monoisotopic (exact) mass is 533 g/mol. The minimum Gasteiger partial charge on any atom is -0.322 e. The summed E-state index contributed by atoms with van der Waals surface area (Å²) in [5, 5.41) is 6.02. The number of hydrogen-bond acceptors (Lipinski definition) is 5. The van der Waals surface area contributed by atoms with Crippen LogP contribution in [0.2, 0.25) is 0 Å². The molecule has 0 spiro atoms. The van der Waals surface area contributed by atoms with Crippen LogP contribution in [0, 0.1) is 5.41 Å². The van der Waals surface area contributed by atoms with Gasteiger partial charge in [0.1, 0.15) is 6.04 Å². The molecule has 6 nitrogen and oxygen atoms in total. The van der Waals surface area contributed by atoms with Crippen molar-refractivity contribution >= 4 is 29.5 Å². The van der Waals surface area contributed by atoms with Gasteiger partial charge in [0.25, 0.3) is 5.91 Å². The van der Waals surface area contributed by atoms with Crippen molar-refractivity contribution in [1.29, 1.82) is 0 Å². The highest BCUT2D eigenvalue weighted by Crippen LogP contribution is 2.35. The largest absolute Gasteiger partial charge is 0.322 e. The standard InChI is InChI=1S/C31H39N3O3S/c1-4-17-31(5-2,6-3)21-32-18-16-22-10-12-23(13-11-22)20-38-27-9-7-8-24-25(27)19-34(30(24)37)26-14-15-28(35)33-29(26)36/h4,7-13,26,32H,1,5-6,14-21H2,2-3H3,(H,33,35,36). The van der Waals surface area contributed by atoms with Crippen molar-refractivity contribution in [3.05, 3.63) is 77.4 Å². The second-order valence-electron chi connectivity index (χ2n) is 10.4. The van der Waals surface area contributed by atoms with Gasteiger partial charge in [0.05, 0.1) is 0 Å². The lowest BCUT2D eigenvalue weighted by Gasteiger charge is -2.31. The number of fused-ring (bicyclic) bond motifs is 1. The zero-order valence-corrected chi connectivity index (χ0v) is 23.4. The van der Waals surface area contributed by atoms with Crippen LogP contribution in [0.3, 0.4) is 0 Å². The zero-order valence-electron chi connectivity index (χ0n) is 22.6. The second-order valence-corrected chi connectivity index (χ2v) is 11.4. The maximum absolute atomic E-state index is 13.1. The molecular formula is C31H39N3O3S. The molecule has 38 heavy (non-hydrogen) atoms. The van der Waals surface area contributed by atoms with Crippen molar-refractivity contribution in [2.24, 2.45) is 5.41 Å². The van der Waals surface area contributed by atoms with Gasteiger partial charge in [-0.3, -0.25) is 19.7 Å². The summed E-state index contributed by atoms with van der Waals surface area (Å²) in [6.45, 7) is 10.8. The van der Waals surface area contributed by atoms with E-state index >= 15 is 0 Å². The average molecular weight is 534 g/mol. The van der Waals surface area contributed by atoms with Gasteiger partial charge >= 0.3 is 0 Å². The van der Waals surface area contributed by atoms with Gasteiger partial charge in [0, 0.05) is 35.7 Å².